The minimum absolute atomic E-state index is 0.289. The van der Waals surface area contributed by atoms with Gasteiger partial charge in [-0.2, -0.15) is 0 Å². The number of imidazole rings is 1. The van der Waals surface area contributed by atoms with Gasteiger partial charge in [-0.05, 0) is 0 Å². The van der Waals surface area contributed by atoms with Crippen LogP contribution in [0.15, 0.2) is 64.2 Å². The molecule has 0 amide bonds. The molecule has 4 rings (SSSR count). The average Bonchev–Trinajstić information content (AvgIpc) is 3.17. The van der Waals surface area contributed by atoms with Gasteiger partial charge >= 0.3 is 153 Å². The Morgan fingerprint density at radius 1 is 0.933 bits per heavy atom. The van der Waals surface area contributed by atoms with Gasteiger partial charge in [-0.3, -0.25) is 0 Å². The zero-order valence-electron chi connectivity index (χ0n) is 17.0. The molecule has 0 bridgehead atoms. The number of benzene rings is 2. The van der Waals surface area contributed by atoms with Crippen molar-refractivity contribution >= 4 is 32.4 Å². The first-order valence-corrected chi connectivity index (χ1v) is 11.4. The fourth-order valence-electron chi connectivity index (χ4n) is 3.63. The number of nitrogens with one attached hydrogen (secondary N) is 1. The predicted octanol–water partition coefficient (Wildman–Crippen LogP) is 1.39. The Morgan fingerprint density at radius 2 is 1.67 bits per heavy atom. The van der Waals surface area contributed by atoms with Crippen molar-refractivity contribution in [1.29, 1.82) is 0 Å². The maximum absolute atomic E-state index is 13.1. The molecule has 4 aromatic rings. The van der Waals surface area contributed by atoms with Crippen LogP contribution in [-0.2, 0) is 25.9 Å². The number of fused-ring (bicyclic) bond motifs is 1. The van der Waals surface area contributed by atoms with Crippen LogP contribution < -0.4 is 15.6 Å². The maximum atomic E-state index is 13.1. The Labute approximate surface area is 183 Å². The topological polar surface area (TPSA) is 72.7 Å². The number of hydrogen-bond donors (Lipinski definition) is 1. The van der Waals surface area contributed by atoms with Gasteiger partial charge in [0.25, 0.3) is 0 Å². The molecule has 0 aliphatic carbocycles. The summed E-state index contributed by atoms with van der Waals surface area (Å²) < 4.78 is 4.23. The van der Waals surface area contributed by atoms with Crippen molar-refractivity contribution in [2.24, 2.45) is 0 Å². The van der Waals surface area contributed by atoms with Gasteiger partial charge < -0.3 is 0 Å². The summed E-state index contributed by atoms with van der Waals surface area (Å²) in [5.74, 6) is 0.688. The van der Waals surface area contributed by atoms with Gasteiger partial charge in [0, 0.05) is 0 Å². The molecular formula is C23H25AsN4O2. The van der Waals surface area contributed by atoms with Crippen molar-refractivity contribution in [3.8, 4) is 0 Å². The van der Waals surface area contributed by atoms with Crippen LogP contribution in [0.5, 0.6) is 0 Å². The molecule has 6 nitrogen and oxygen atoms in total. The molecule has 0 aliphatic heterocycles. The summed E-state index contributed by atoms with van der Waals surface area (Å²) in [6.45, 7) is 2.83. The van der Waals surface area contributed by atoms with Crippen molar-refractivity contribution in [3.05, 3.63) is 92.4 Å². The second-order valence-corrected chi connectivity index (χ2v) is 8.83. The first-order valence-electron chi connectivity index (χ1n) is 10.2. The zero-order valence-corrected chi connectivity index (χ0v) is 19.4. The van der Waals surface area contributed by atoms with Crippen LogP contribution in [0, 0.1) is 0 Å². The zero-order chi connectivity index (χ0) is 21.1. The van der Waals surface area contributed by atoms with E-state index in [1.54, 1.807) is 21.4 Å². The summed E-state index contributed by atoms with van der Waals surface area (Å²) in [7, 11) is 0. The van der Waals surface area contributed by atoms with Gasteiger partial charge in [0.15, 0.2) is 0 Å². The van der Waals surface area contributed by atoms with Crippen LogP contribution in [0.3, 0.4) is 0 Å². The number of nitrogens with zero attached hydrogens (tertiary/aromatic N) is 3. The number of aryl methyl sites for hydroxylation is 2. The predicted molar refractivity (Wildman–Crippen MR) is 122 cm³/mol. The number of hydrogen-bond acceptors (Lipinski definition) is 3. The summed E-state index contributed by atoms with van der Waals surface area (Å²) in [5, 5.41) is 0. The quantitative estimate of drug-likeness (QED) is 0.421. The SMILES string of the molecule is CCCn1c(=O)c2[nH]c(Cc3ccccc3)nc2n(CCc2ccc([AsH2])cc2)c1=O. The fourth-order valence-corrected chi connectivity index (χ4v) is 4.04. The van der Waals surface area contributed by atoms with Crippen LogP contribution in [0.2, 0.25) is 0 Å². The molecule has 2 aromatic heterocycles. The van der Waals surface area contributed by atoms with Crippen molar-refractivity contribution in [2.45, 2.75) is 39.3 Å². The van der Waals surface area contributed by atoms with E-state index in [2.05, 4.69) is 34.2 Å². The van der Waals surface area contributed by atoms with Gasteiger partial charge in [-0.15, -0.1) is 0 Å². The molecule has 154 valence electrons. The summed E-state index contributed by atoms with van der Waals surface area (Å²) >= 11 is 1.59. The summed E-state index contributed by atoms with van der Waals surface area (Å²) in [6, 6.07) is 18.3. The summed E-state index contributed by atoms with van der Waals surface area (Å²) in [5.41, 5.74) is 2.52. The van der Waals surface area contributed by atoms with Gasteiger partial charge in [-0.25, -0.2) is 0 Å². The summed E-state index contributed by atoms with van der Waals surface area (Å²) in [4.78, 5) is 33.9. The van der Waals surface area contributed by atoms with Crippen molar-refractivity contribution < 1.29 is 0 Å². The van der Waals surface area contributed by atoms with E-state index < -0.39 is 0 Å². The molecule has 0 radical (unpaired) electrons. The first-order chi connectivity index (χ1) is 14.6. The molecule has 1 atom stereocenters. The van der Waals surface area contributed by atoms with Crippen LogP contribution in [0.4, 0.5) is 0 Å². The number of aromatic amines is 1. The molecule has 1 N–H and O–H groups in total. The van der Waals surface area contributed by atoms with E-state index in [9.17, 15) is 9.59 Å². The van der Waals surface area contributed by atoms with E-state index in [1.807, 2.05) is 37.3 Å². The third-order valence-corrected chi connectivity index (χ3v) is 5.98. The van der Waals surface area contributed by atoms with E-state index in [-0.39, 0.29) is 11.2 Å². The van der Waals surface area contributed by atoms with E-state index in [0.29, 0.717) is 49.3 Å². The normalized spacial score (nSPS) is 11.3. The van der Waals surface area contributed by atoms with E-state index >= 15 is 0 Å². The summed E-state index contributed by atoms with van der Waals surface area (Å²) in [6.07, 6.45) is 2.00. The van der Waals surface area contributed by atoms with Crippen LogP contribution >= 0.6 is 0 Å². The third-order valence-electron chi connectivity index (χ3n) is 5.18. The fraction of sp³-hybridized carbons (Fsp3) is 0.261. The second-order valence-electron chi connectivity index (χ2n) is 7.43. The van der Waals surface area contributed by atoms with Crippen LogP contribution in [0.25, 0.3) is 11.2 Å². The standard InChI is InChI=1S/C23H25AsN4O2/c1-2-13-28-22(29)20-21(26-19(25-20)15-17-6-4-3-5-7-17)27(23(28)30)14-12-16-8-10-18(24)11-9-16/h3-11H,2,12-15,24H2,1H3,(H,25,26). The molecular weight excluding hydrogens is 439 g/mol. The number of H-pyrrole nitrogens is 1. The van der Waals surface area contributed by atoms with Gasteiger partial charge in [0.05, 0.1) is 0 Å². The first kappa shape index (κ1) is 20.4. The Balaban J connectivity index is 1.76. The molecule has 0 fully saturated rings. The van der Waals surface area contributed by atoms with Gasteiger partial charge in [0.2, 0.25) is 0 Å². The number of rotatable bonds is 7. The van der Waals surface area contributed by atoms with Crippen LogP contribution in [-0.4, -0.2) is 36.0 Å². The van der Waals surface area contributed by atoms with Gasteiger partial charge in [-0.1, -0.05) is 30.3 Å². The molecule has 2 heterocycles. The Morgan fingerprint density at radius 3 is 2.37 bits per heavy atom. The molecule has 7 heteroatoms. The Bertz CT molecular complexity index is 1270. The van der Waals surface area contributed by atoms with E-state index in [0.717, 1.165) is 11.1 Å². The molecule has 0 saturated carbocycles. The van der Waals surface area contributed by atoms with Gasteiger partial charge in [0.1, 0.15) is 0 Å². The van der Waals surface area contributed by atoms with Crippen molar-refractivity contribution in [2.75, 3.05) is 0 Å². The molecule has 1 unspecified atom stereocenters. The third kappa shape index (κ3) is 4.19. The Hall–Kier alpha value is -2.85. The molecule has 0 spiro atoms. The average molecular weight is 464 g/mol. The Kier molecular flexibility index (Phi) is 6.05. The minimum atomic E-state index is -0.294. The second kappa shape index (κ2) is 8.88. The molecule has 0 saturated heterocycles. The molecule has 2 aromatic carbocycles. The molecule has 0 aliphatic rings. The number of aromatic nitrogens is 4. The molecule has 30 heavy (non-hydrogen) atoms. The van der Waals surface area contributed by atoms with Crippen LogP contribution in [0.1, 0.15) is 30.3 Å². The van der Waals surface area contributed by atoms with Crippen molar-refractivity contribution in [3.63, 3.8) is 0 Å². The van der Waals surface area contributed by atoms with E-state index in [4.69, 9.17) is 0 Å². The monoisotopic (exact) mass is 464 g/mol. The van der Waals surface area contributed by atoms with E-state index in [1.165, 1.54) is 8.92 Å². The van der Waals surface area contributed by atoms with Crippen molar-refractivity contribution in [1.82, 2.24) is 19.1 Å².